The van der Waals surface area contributed by atoms with Crippen molar-refractivity contribution in [3.8, 4) is 6.01 Å². The van der Waals surface area contributed by atoms with E-state index in [0.717, 1.165) is 12.5 Å². The van der Waals surface area contributed by atoms with Gasteiger partial charge in [-0.2, -0.15) is 15.0 Å². The van der Waals surface area contributed by atoms with E-state index >= 15 is 0 Å². The van der Waals surface area contributed by atoms with Crippen LogP contribution in [0.5, 0.6) is 6.01 Å². The Kier molecular flexibility index (Phi) is 5.38. The zero-order chi connectivity index (χ0) is 14.4. The Labute approximate surface area is 120 Å². The Bertz CT molecular complexity index is 426. The summed E-state index contributed by atoms with van der Waals surface area (Å²) >= 11 is 0. The lowest BCUT2D eigenvalue weighted by atomic mass is 9.84. The molecule has 2 unspecified atom stereocenters. The maximum atomic E-state index is 5.13. The van der Waals surface area contributed by atoms with Crippen molar-refractivity contribution in [1.82, 2.24) is 15.0 Å². The van der Waals surface area contributed by atoms with Crippen LogP contribution in [0.3, 0.4) is 0 Å². The third-order valence-corrected chi connectivity index (χ3v) is 3.83. The minimum absolute atomic E-state index is 0.348. The molecule has 2 atom stereocenters. The summed E-state index contributed by atoms with van der Waals surface area (Å²) in [5.41, 5.74) is 0. The molecule has 0 aliphatic heterocycles. The average Bonchev–Trinajstić information content (AvgIpc) is 2.47. The second kappa shape index (κ2) is 7.26. The molecule has 0 radical (unpaired) electrons. The second-order valence-corrected chi connectivity index (χ2v) is 5.28. The fraction of sp³-hybridized carbons (Fsp3) is 0.786. The molecule has 0 spiro atoms. The highest BCUT2D eigenvalue weighted by atomic mass is 16.5. The summed E-state index contributed by atoms with van der Waals surface area (Å²) in [5.74, 6) is 1.98. The van der Waals surface area contributed by atoms with E-state index in [1.807, 2.05) is 6.92 Å². The number of aromatic nitrogens is 3. The first-order valence-corrected chi connectivity index (χ1v) is 7.55. The minimum atomic E-state index is 0.348. The number of nitrogens with one attached hydrogen (secondary N) is 2. The van der Waals surface area contributed by atoms with E-state index < -0.39 is 0 Å². The maximum Gasteiger partial charge on any atom is 0.322 e. The molecular weight excluding hydrogens is 254 g/mol. The SMILES string of the molecule is CCNc1nc(NC2CCCC(CC)C2)nc(OC)n1. The average molecular weight is 279 g/mol. The van der Waals surface area contributed by atoms with Crippen LogP contribution in [0.15, 0.2) is 0 Å². The highest BCUT2D eigenvalue weighted by Gasteiger charge is 2.21. The fourth-order valence-corrected chi connectivity index (χ4v) is 2.72. The number of anilines is 2. The van der Waals surface area contributed by atoms with Crippen LogP contribution in [0.2, 0.25) is 0 Å². The van der Waals surface area contributed by atoms with Crippen molar-refractivity contribution in [2.45, 2.75) is 52.0 Å². The van der Waals surface area contributed by atoms with Gasteiger partial charge in [-0.25, -0.2) is 0 Å². The van der Waals surface area contributed by atoms with Gasteiger partial charge >= 0.3 is 6.01 Å². The van der Waals surface area contributed by atoms with Crippen molar-refractivity contribution in [3.63, 3.8) is 0 Å². The molecule has 0 amide bonds. The van der Waals surface area contributed by atoms with E-state index in [4.69, 9.17) is 4.74 Å². The lowest BCUT2D eigenvalue weighted by Crippen LogP contribution is -2.28. The largest absolute Gasteiger partial charge is 0.467 e. The lowest BCUT2D eigenvalue weighted by molar-refractivity contribution is 0.326. The van der Waals surface area contributed by atoms with Gasteiger partial charge < -0.3 is 15.4 Å². The molecular formula is C14H25N5O. The van der Waals surface area contributed by atoms with Crippen molar-refractivity contribution in [1.29, 1.82) is 0 Å². The number of methoxy groups -OCH3 is 1. The highest BCUT2D eigenvalue weighted by Crippen LogP contribution is 2.28. The van der Waals surface area contributed by atoms with Crippen LogP contribution in [0, 0.1) is 5.92 Å². The van der Waals surface area contributed by atoms with Gasteiger partial charge in [0.25, 0.3) is 0 Å². The van der Waals surface area contributed by atoms with Gasteiger partial charge in [0.05, 0.1) is 7.11 Å². The molecule has 1 aromatic heterocycles. The van der Waals surface area contributed by atoms with Gasteiger partial charge in [0.15, 0.2) is 0 Å². The fourth-order valence-electron chi connectivity index (χ4n) is 2.72. The first kappa shape index (κ1) is 14.8. The van der Waals surface area contributed by atoms with Gasteiger partial charge in [-0.3, -0.25) is 0 Å². The molecule has 1 heterocycles. The monoisotopic (exact) mass is 279 g/mol. The number of nitrogens with zero attached hydrogens (tertiary/aromatic N) is 3. The molecule has 6 nitrogen and oxygen atoms in total. The van der Waals surface area contributed by atoms with E-state index in [1.54, 1.807) is 7.11 Å². The zero-order valence-corrected chi connectivity index (χ0v) is 12.6. The molecule has 0 bridgehead atoms. The van der Waals surface area contributed by atoms with Crippen molar-refractivity contribution in [3.05, 3.63) is 0 Å². The van der Waals surface area contributed by atoms with E-state index in [1.165, 1.54) is 32.1 Å². The standard InChI is InChI=1S/C14H25N5O/c1-4-10-7-6-8-11(9-10)16-13-17-12(15-5-2)18-14(19-13)20-3/h10-11H,4-9H2,1-3H3,(H2,15,16,17,18,19). The van der Waals surface area contributed by atoms with Gasteiger partial charge in [0.1, 0.15) is 0 Å². The first-order chi connectivity index (χ1) is 9.75. The van der Waals surface area contributed by atoms with E-state index in [9.17, 15) is 0 Å². The molecule has 0 aromatic carbocycles. The molecule has 2 rings (SSSR count). The summed E-state index contributed by atoms with van der Waals surface area (Å²) in [6.07, 6.45) is 6.25. The first-order valence-electron chi connectivity index (χ1n) is 7.55. The van der Waals surface area contributed by atoms with E-state index in [0.29, 0.717) is 23.9 Å². The van der Waals surface area contributed by atoms with Gasteiger partial charge in [0, 0.05) is 12.6 Å². The summed E-state index contributed by atoms with van der Waals surface area (Å²) in [4.78, 5) is 12.8. The van der Waals surface area contributed by atoms with Gasteiger partial charge in [0.2, 0.25) is 11.9 Å². The summed E-state index contributed by atoms with van der Waals surface area (Å²) in [6.45, 7) is 5.05. The molecule has 1 fully saturated rings. The quantitative estimate of drug-likeness (QED) is 0.834. The molecule has 20 heavy (non-hydrogen) atoms. The highest BCUT2D eigenvalue weighted by molar-refractivity contribution is 5.36. The van der Waals surface area contributed by atoms with Crippen molar-refractivity contribution in [2.24, 2.45) is 5.92 Å². The van der Waals surface area contributed by atoms with Crippen LogP contribution in [0.1, 0.15) is 46.0 Å². The number of ether oxygens (including phenoxy) is 1. The smallest absolute Gasteiger partial charge is 0.322 e. The topological polar surface area (TPSA) is 72.0 Å². The molecule has 112 valence electrons. The summed E-state index contributed by atoms with van der Waals surface area (Å²) < 4.78 is 5.13. The van der Waals surface area contributed by atoms with E-state index in [-0.39, 0.29) is 0 Å². The Morgan fingerprint density at radius 1 is 1.15 bits per heavy atom. The van der Waals surface area contributed by atoms with Crippen molar-refractivity contribution in [2.75, 3.05) is 24.3 Å². The molecule has 1 aliphatic rings. The van der Waals surface area contributed by atoms with Crippen LogP contribution >= 0.6 is 0 Å². The van der Waals surface area contributed by atoms with Crippen molar-refractivity contribution >= 4 is 11.9 Å². The van der Waals surface area contributed by atoms with Crippen LogP contribution in [-0.2, 0) is 0 Å². The Morgan fingerprint density at radius 3 is 2.65 bits per heavy atom. The van der Waals surface area contributed by atoms with E-state index in [2.05, 4.69) is 32.5 Å². The Balaban J connectivity index is 2.05. The van der Waals surface area contributed by atoms with Crippen LogP contribution in [-0.4, -0.2) is 34.6 Å². The molecule has 1 aromatic rings. The number of rotatable bonds is 6. The summed E-state index contributed by atoms with van der Waals surface area (Å²) in [7, 11) is 1.57. The second-order valence-electron chi connectivity index (χ2n) is 5.28. The summed E-state index contributed by atoms with van der Waals surface area (Å²) in [5, 5.41) is 6.53. The third-order valence-electron chi connectivity index (χ3n) is 3.83. The predicted molar refractivity (Wildman–Crippen MR) is 80.2 cm³/mol. The normalized spacial score (nSPS) is 22.4. The predicted octanol–water partition coefficient (Wildman–Crippen LogP) is 2.69. The van der Waals surface area contributed by atoms with Gasteiger partial charge in [-0.1, -0.05) is 26.2 Å². The van der Waals surface area contributed by atoms with Crippen molar-refractivity contribution < 1.29 is 4.74 Å². The maximum absolute atomic E-state index is 5.13. The lowest BCUT2D eigenvalue weighted by Gasteiger charge is -2.29. The summed E-state index contributed by atoms with van der Waals surface area (Å²) in [6, 6.07) is 0.802. The third kappa shape index (κ3) is 3.95. The molecule has 1 saturated carbocycles. The van der Waals surface area contributed by atoms with Crippen LogP contribution in [0.25, 0.3) is 0 Å². The van der Waals surface area contributed by atoms with Gasteiger partial charge in [-0.05, 0) is 25.7 Å². The number of hydrogen-bond acceptors (Lipinski definition) is 6. The minimum Gasteiger partial charge on any atom is -0.467 e. The van der Waals surface area contributed by atoms with Crippen LogP contribution in [0.4, 0.5) is 11.9 Å². The zero-order valence-electron chi connectivity index (χ0n) is 12.6. The molecule has 0 saturated heterocycles. The molecule has 1 aliphatic carbocycles. The van der Waals surface area contributed by atoms with Gasteiger partial charge in [-0.15, -0.1) is 0 Å². The Hall–Kier alpha value is -1.59. The number of hydrogen-bond donors (Lipinski definition) is 2. The van der Waals surface area contributed by atoms with Crippen LogP contribution < -0.4 is 15.4 Å². The Morgan fingerprint density at radius 2 is 1.95 bits per heavy atom. The molecule has 2 N–H and O–H groups in total. The molecule has 6 heteroatoms.